The van der Waals surface area contributed by atoms with Gasteiger partial charge in [0.2, 0.25) is 76.8 Å². The molecule has 0 radical (unpaired) electrons. The molecule has 115 heavy (non-hydrogen) atoms. The Balaban J connectivity index is 1.30. The Bertz CT molecular complexity index is 4450. The first-order valence-corrected chi connectivity index (χ1v) is 39.9. The van der Waals surface area contributed by atoms with Crippen molar-refractivity contribution in [1.29, 1.82) is 0 Å². The van der Waals surface area contributed by atoms with Gasteiger partial charge in [-0.1, -0.05) is 124 Å². The van der Waals surface area contributed by atoms with Crippen LogP contribution in [0, 0.1) is 5.41 Å². The number of nitrogens with two attached hydrogens (primary N) is 1. The quantitative estimate of drug-likeness (QED) is 0.0692. The minimum absolute atomic E-state index is 0.0487. The molecule has 35 nitrogen and oxygen atoms in total. The average molecular weight is 1650 g/mol. The van der Waals surface area contributed by atoms with Crippen LogP contribution in [0.1, 0.15) is 101 Å². The number of carboxylic acid groups (broad SMARTS) is 3. The Morgan fingerprint density at radius 2 is 0.887 bits per heavy atom. The van der Waals surface area contributed by atoms with Gasteiger partial charge in [0.05, 0.1) is 18.6 Å². The zero-order valence-electron chi connectivity index (χ0n) is 63.6. The number of phenolic OH excluding ortho intramolecular Hbond substituents is 1. The molecule has 2 heterocycles. The largest absolute Gasteiger partial charge is 0.508 e. The van der Waals surface area contributed by atoms with E-state index in [1.807, 2.05) is 5.32 Å². The summed E-state index contributed by atoms with van der Waals surface area (Å²) in [5.41, 5.74) is 7.64. The molecular weight excluding hydrogens is 1550 g/mol. The third kappa shape index (κ3) is 29.0. The molecular formula is C77H94N14O21S3. The predicted molar refractivity (Wildman–Crippen MR) is 423 cm³/mol. The van der Waals surface area contributed by atoms with E-state index >= 15 is 0 Å². The molecule has 5 aromatic rings. The predicted octanol–water partition coefficient (Wildman–Crippen LogP) is -0.0672. The first kappa shape index (κ1) is 90.4. The molecule has 4 bridgehead atoms. The molecule has 15 amide bonds. The highest BCUT2D eigenvalue weighted by Gasteiger charge is 2.40. The van der Waals surface area contributed by atoms with Crippen LogP contribution >= 0.6 is 35.3 Å². The lowest BCUT2D eigenvalue weighted by Gasteiger charge is -2.33. The number of carbonyl (C=O) groups excluding carboxylic acids is 14. The molecule has 0 fully saturated rings. The lowest BCUT2D eigenvalue weighted by atomic mass is 9.85. The molecule has 2 aliphatic rings. The summed E-state index contributed by atoms with van der Waals surface area (Å²) < 4.78 is 0. The van der Waals surface area contributed by atoms with Gasteiger partial charge in [0.1, 0.15) is 78.3 Å². The van der Waals surface area contributed by atoms with Crippen molar-refractivity contribution in [2.45, 2.75) is 176 Å². The lowest BCUT2D eigenvalue weighted by molar-refractivity contribution is -0.142. The van der Waals surface area contributed by atoms with Crippen molar-refractivity contribution in [1.82, 2.24) is 69.1 Å². The summed E-state index contributed by atoms with van der Waals surface area (Å²) >= 11 is 3.30. The Morgan fingerprint density at radius 3 is 1.45 bits per heavy atom. The molecule has 0 aromatic heterocycles. The van der Waals surface area contributed by atoms with E-state index in [1.54, 1.807) is 112 Å². The number of benzene rings is 5. The van der Waals surface area contributed by atoms with Crippen molar-refractivity contribution < 1.29 is 102 Å². The van der Waals surface area contributed by atoms with Crippen LogP contribution < -0.4 is 74.9 Å². The number of phenols is 1. The maximum Gasteiger partial charge on any atom is 0.322 e. The van der Waals surface area contributed by atoms with Gasteiger partial charge in [-0.3, -0.25) is 82.0 Å². The SMILES string of the molecule is CC1NC(=O)CSCc2cc3cc(c2)CSCC(NC(=O)C(C)NC(=O)C(Cc2cccc4ccccc24)NC(=O)C(CCC(=O)O)NC(=O)NC1=O)C(=O)NC(C)C(=O)NC(CC(=O)O)C(=O)NC(Cc1ccccc1)C(=O)NC(Cc1ccc(O)cc1)C(=O)NC(CC(=O)O)C(=O)NC(C(C)(C)C)C(=O)NC(C(N)=O)CSC3. The van der Waals surface area contributed by atoms with Gasteiger partial charge < -0.3 is 90.0 Å². The fraction of sp³-hybridized carbons (Fsp3) is 0.416. The van der Waals surface area contributed by atoms with Gasteiger partial charge in [-0.15, -0.1) is 11.8 Å². The molecule has 12 unspecified atom stereocenters. The second-order valence-electron chi connectivity index (χ2n) is 28.6. The monoisotopic (exact) mass is 1650 g/mol. The van der Waals surface area contributed by atoms with Crippen LogP contribution in [0.5, 0.6) is 5.75 Å². The zero-order valence-corrected chi connectivity index (χ0v) is 66.1. The molecule has 5 aromatic carbocycles. The summed E-state index contributed by atoms with van der Waals surface area (Å²) in [4.78, 5) is 237. The molecule has 616 valence electrons. The maximum atomic E-state index is 14.9. The number of aromatic hydroxyl groups is 1. The van der Waals surface area contributed by atoms with E-state index in [0.717, 1.165) is 47.6 Å². The van der Waals surface area contributed by atoms with Crippen molar-refractivity contribution in [3.8, 4) is 5.75 Å². The molecule has 2 aliphatic heterocycles. The van der Waals surface area contributed by atoms with Gasteiger partial charge >= 0.3 is 23.9 Å². The third-order valence-electron chi connectivity index (χ3n) is 18.1. The number of urea groups is 1. The van der Waals surface area contributed by atoms with E-state index in [2.05, 4.69) is 63.8 Å². The molecule has 7 rings (SSSR count). The number of carbonyl (C=O) groups is 17. The number of fused-ring (bicyclic) bond motifs is 6. The van der Waals surface area contributed by atoms with Crippen molar-refractivity contribution in [2.24, 2.45) is 11.1 Å². The normalized spacial score (nSPS) is 24.1. The Kier molecular flexibility index (Phi) is 33.7. The molecule has 19 N–H and O–H groups in total. The highest BCUT2D eigenvalue weighted by atomic mass is 32.2. The summed E-state index contributed by atoms with van der Waals surface area (Å²) in [6.45, 7) is 8.30. The van der Waals surface area contributed by atoms with Gasteiger partial charge in [0, 0.05) is 54.4 Å². The van der Waals surface area contributed by atoms with E-state index < -0.39 is 211 Å². The summed E-state index contributed by atoms with van der Waals surface area (Å²) in [5.74, 6) is -19.1. The summed E-state index contributed by atoms with van der Waals surface area (Å²) in [7, 11) is 0. The smallest absolute Gasteiger partial charge is 0.322 e. The number of aliphatic carboxylic acids is 3. The highest BCUT2D eigenvalue weighted by Crippen LogP contribution is 2.27. The number of hydrogen-bond acceptors (Lipinski definition) is 21. The number of rotatable bonds is 14. The van der Waals surface area contributed by atoms with Crippen LogP contribution in [0.25, 0.3) is 10.8 Å². The summed E-state index contributed by atoms with van der Waals surface area (Å²) in [6, 6.07) is 9.33. The minimum Gasteiger partial charge on any atom is -0.508 e. The van der Waals surface area contributed by atoms with Crippen LogP contribution in [0.15, 0.2) is 115 Å². The lowest BCUT2D eigenvalue weighted by Crippen LogP contribution is -2.62. The van der Waals surface area contributed by atoms with Gasteiger partial charge in [-0.25, -0.2) is 4.79 Å². The van der Waals surface area contributed by atoms with E-state index in [9.17, 15) is 102 Å². The Morgan fingerprint density at radius 1 is 0.426 bits per heavy atom. The van der Waals surface area contributed by atoms with Crippen molar-refractivity contribution in [3.63, 3.8) is 0 Å². The van der Waals surface area contributed by atoms with Crippen LogP contribution in [0.4, 0.5) is 4.79 Å². The standard InChI is InChI=1S/C77H94N14O21S3/c1-39-67(103)91-76(112)89-51(23-24-60(94)95)68(104)85-54(30-48-17-12-16-47-15-10-11-18-50(47)48)69(105)80-41(3)66(102)88-58-37-114-34-45-25-44(26-46(27-45)35-115-38-59(93)79-39)33-113-36-57(64(78)100)87-75(111)63(77(4,5)6)90-73(109)56(32-62(98)99)86-71(107)53(29-43-19-21-49(92)22-20-43)83-70(106)52(28-42-13-8-7-9-14-42)84-72(108)55(31-61(96)97)82-65(101)40(2)81-74(58)110/h7-22,25-27,39-41,51-58,63,92H,23-24,28-38H2,1-6H3,(H2,78,100)(H,79,93)(H,80,105)(H,81,110)(H,82,101)(H,83,106)(H,84,108)(H,85,104)(H,86,107)(H,87,111)(H,88,102)(H,90,109)(H,94,95)(H,96,97)(H,98,99)(H2,89,91,103,112). The van der Waals surface area contributed by atoms with Gasteiger partial charge in [0.15, 0.2) is 0 Å². The van der Waals surface area contributed by atoms with Crippen molar-refractivity contribution in [2.75, 3.05) is 17.3 Å². The van der Waals surface area contributed by atoms with Crippen molar-refractivity contribution >= 4 is 147 Å². The number of hydrogen-bond donors (Lipinski definition) is 18. The van der Waals surface area contributed by atoms with Gasteiger partial charge in [-0.05, 0) is 88.9 Å². The van der Waals surface area contributed by atoms with E-state index in [4.69, 9.17) is 5.73 Å². The molecule has 0 saturated carbocycles. The molecule has 12 atom stereocenters. The summed E-state index contributed by atoms with van der Waals surface area (Å²) in [6.07, 6.45) is -4.59. The first-order valence-electron chi connectivity index (χ1n) is 36.4. The topological polar surface area (TPSA) is 554 Å². The number of imide groups is 1. The van der Waals surface area contributed by atoms with Crippen LogP contribution in [0.2, 0.25) is 0 Å². The van der Waals surface area contributed by atoms with Crippen LogP contribution in [-0.2, 0) is 113 Å². The van der Waals surface area contributed by atoms with E-state index in [-0.39, 0.29) is 58.7 Å². The van der Waals surface area contributed by atoms with E-state index in [1.165, 1.54) is 38.1 Å². The third-order valence-corrected chi connectivity index (χ3v) is 21.3. The second-order valence-corrected chi connectivity index (χ2v) is 31.7. The van der Waals surface area contributed by atoms with Crippen molar-refractivity contribution in [3.05, 3.63) is 149 Å². The number of carboxylic acids is 3. The summed E-state index contributed by atoms with van der Waals surface area (Å²) in [5, 5.41) is 73.4. The van der Waals surface area contributed by atoms with Gasteiger partial charge in [-0.2, -0.15) is 23.5 Å². The fourth-order valence-electron chi connectivity index (χ4n) is 12.0. The number of amides is 15. The second kappa shape index (κ2) is 42.9. The Labute approximate surface area is 673 Å². The minimum atomic E-state index is -2.03. The van der Waals surface area contributed by atoms with Crippen LogP contribution in [-0.4, -0.2) is 211 Å². The molecule has 0 aliphatic carbocycles. The fourth-order valence-corrected chi connectivity index (χ4v) is 14.8. The van der Waals surface area contributed by atoms with Crippen LogP contribution in [0.3, 0.4) is 0 Å². The molecule has 0 spiro atoms. The number of nitrogens with one attached hydrogen (secondary N) is 13. The Hall–Kier alpha value is -11.8. The molecule has 0 saturated heterocycles. The number of primary amides is 1. The number of thioether (sulfide) groups is 3. The molecule has 38 heteroatoms. The first-order chi connectivity index (χ1) is 54.4. The van der Waals surface area contributed by atoms with Gasteiger partial charge in [0.25, 0.3) is 0 Å². The van der Waals surface area contributed by atoms with E-state index in [0.29, 0.717) is 33.2 Å². The highest BCUT2D eigenvalue weighted by molar-refractivity contribution is 7.99. The average Bonchev–Trinajstić information content (AvgIpc) is 0.840. The zero-order chi connectivity index (χ0) is 84.4. The maximum absolute atomic E-state index is 14.9.